The summed E-state index contributed by atoms with van der Waals surface area (Å²) in [6.45, 7) is 2.49. The zero-order valence-corrected chi connectivity index (χ0v) is 10.6. The highest BCUT2D eigenvalue weighted by molar-refractivity contribution is 7.22. The summed E-state index contributed by atoms with van der Waals surface area (Å²) in [6.07, 6.45) is 0. The summed E-state index contributed by atoms with van der Waals surface area (Å²) < 4.78 is 19.3. The Bertz CT molecular complexity index is 689. The van der Waals surface area contributed by atoms with Gasteiger partial charge < -0.3 is 9.73 Å². The van der Waals surface area contributed by atoms with Gasteiger partial charge in [-0.15, -0.1) is 0 Å². The van der Waals surface area contributed by atoms with Crippen LogP contribution < -0.4 is 5.32 Å². The number of halogens is 1. The fraction of sp³-hybridized carbons (Fsp3) is 0.154. The molecule has 2 aromatic heterocycles. The van der Waals surface area contributed by atoms with Crippen LogP contribution in [0.3, 0.4) is 0 Å². The van der Waals surface area contributed by atoms with E-state index in [1.54, 1.807) is 6.07 Å². The fourth-order valence-corrected chi connectivity index (χ4v) is 2.60. The first-order valence-corrected chi connectivity index (χ1v) is 6.38. The first-order valence-electron chi connectivity index (χ1n) is 5.56. The third kappa shape index (κ3) is 2.22. The van der Waals surface area contributed by atoms with Crippen molar-refractivity contribution in [2.45, 2.75) is 13.5 Å². The number of aryl methyl sites for hydroxylation is 1. The van der Waals surface area contributed by atoms with Crippen molar-refractivity contribution < 1.29 is 8.81 Å². The number of rotatable bonds is 3. The van der Waals surface area contributed by atoms with Crippen molar-refractivity contribution >= 4 is 26.7 Å². The van der Waals surface area contributed by atoms with Gasteiger partial charge in [0, 0.05) is 0 Å². The maximum Gasteiger partial charge on any atom is 0.184 e. The quantitative estimate of drug-likeness (QED) is 0.776. The van der Waals surface area contributed by atoms with E-state index < -0.39 is 0 Å². The average Bonchev–Trinajstić information content (AvgIpc) is 2.92. The van der Waals surface area contributed by atoms with Crippen LogP contribution in [-0.2, 0) is 6.54 Å². The summed E-state index contributed by atoms with van der Waals surface area (Å²) in [7, 11) is 0. The highest BCUT2D eigenvalue weighted by atomic mass is 32.1. The van der Waals surface area contributed by atoms with E-state index in [1.165, 1.54) is 23.5 Å². The van der Waals surface area contributed by atoms with Crippen LogP contribution in [0.1, 0.15) is 11.5 Å². The molecule has 1 aromatic carbocycles. The molecule has 0 saturated heterocycles. The lowest BCUT2D eigenvalue weighted by molar-refractivity contribution is 0.490. The van der Waals surface area contributed by atoms with E-state index in [0.717, 1.165) is 26.9 Å². The molecule has 1 N–H and O–H groups in total. The molecular weight excluding hydrogens is 251 g/mol. The lowest BCUT2D eigenvalue weighted by atomic mass is 10.3. The number of aromatic nitrogens is 1. The summed E-state index contributed by atoms with van der Waals surface area (Å²) in [5.41, 5.74) is 0.805. The molecule has 0 unspecified atom stereocenters. The molecule has 92 valence electrons. The molecule has 0 radical (unpaired) electrons. The van der Waals surface area contributed by atoms with Crippen molar-refractivity contribution in [1.82, 2.24) is 4.98 Å². The number of fused-ring (bicyclic) bond motifs is 1. The van der Waals surface area contributed by atoms with Crippen molar-refractivity contribution in [3.63, 3.8) is 0 Å². The van der Waals surface area contributed by atoms with E-state index in [4.69, 9.17) is 4.42 Å². The maximum atomic E-state index is 13.0. The van der Waals surface area contributed by atoms with E-state index in [2.05, 4.69) is 10.3 Å². The molecule has 0 fully saturated rings. The van der Waals surface area contributed by atoms with Crippen molar-refractivity contribution in [3.05, 3.63) is 47.7 Å². The maximum absolute atomic E-state index is 13.0. The Morgan fingerprint density at radius 2 is 2.22 bits per heavy atom. The highest BCUT2D eigenvalue weighted by Gasteiger charge is 2.05. The van der Waals surface area contributed by atoms with Gasteiger partial charge >= 0.3 is 0 Å². The molecule has 0 aliphatic carbocycles. The molecule has 18 heavy (non-hydrogen) atoms. The molecule has 3 rings (SSSR count). The van der Waals surface area contributed by atoms with Gasteiger partial charge in [-0.1, -0.05) is 11.3 Å². The van der Waals surface area contributed by atoms with Gasteiger partial charge in [-0.2, -0.15) is 0 Å². The molecule has 0 aliphatic heterocycles. The van der Waals surface area contributed by atoms with Crippen LogP contribution in [0.4, 0.5) is 9.52 Å². The predicted octanol–water partition coefficient (Wildman–Crippen LogP) is 3.95. The van der Waals surface area contributed by atoms with Gasteiger partial charge in [-0.05, 0) is 37.3 Å². The van der Waals surface area contributed by atoms with E-state index in [1.807, 2.05) is 19.1 Å². The van der Waals surface area contributed by atoms with Gasteiger partial charge in [0.25, 0.3) is 0 Å². The summed E-state index contributed by atoms with van der Waals surface area (Å²) in [5, 5.41) is 3.94. The highest BCUT2D eigenvalue weighted by Crippen LogP contribution is 2.26. The topological polar surface area (TPSA) is 38.1 Å². The third-order valence-electron chi connectivity index (χ3n) is 2.56. The number of hydrogen-bond donors (Lipinski definition) is 1. The van der Waals surface area contributed by atoms with E-state index >= 15 is 0 Å². The standard InChI is InChI=1S/C13H11FN2OS/c1-8-2-4-10(17-8)7-15-13-16-11-5-3-9(14)6-12(11)18-13/h2-6H,7H2,1H3,(H,15,16). The number of furan rings is 1. The monoisotopic (exact) mass is 262 g/mol. The Labute approximate surface area is 107 Å². The van der Waals surface area contributed by atoms with Crippen LogP contribution in [-0.4, -0.2) is 4.98 Å². The van der Waals surface area contributed by atoms with Crippen LogP contribution in [0.15, 0.2) is 34.7 Å². The largest absolute Gasteiger partial charge is 0.465 e. The number of hydrogen-bond acceptors (Lipinski definition) is 4. The van der Waals surface area contributed by atoms with Crippen molar-refractivity contribution in [2.75, 3.05) is 5.32 Å². The Hall–Kier alpha value is -1.88. The molecule has 0 aliphatic rings. The van der Waals surface area contributed by atoms with Crippen molar-refractivity contribution in [3.8, 4) is 0 Å². The molecule has 0 saturated carbocycles. The van der Waals surface area contributed by atoms with Crippen molar-refractivity contribution in [2.24, 2.45) is 0 Å². The van der Waals surface area contributed by atoms with E-state index in [9.17, 15) is 4.39 Å². The van der Waals surface area contributed by atoms with Gasteiger partial charge in [-0.25, -0.2) is 9.37 Å². The summed E-state index contributed by atoms with van der Waals surface area (Å²) in [6, 6.07) is 8.44. The van der Waals surface area contributed by atoms with Crippen molar-refractivity contribution in [1.29, 1.82) is 0 Å². The molecule has 5 heteroatoms. The van der Waals surface area contributed by atoms with Crippen LogP contribution in [0.25, 0.3) is 10.2 Å². The fourth-order valence-electron chi connectivity index (χ4n) is 1.72. The number of nitrogens with one attached hydrogen (secondary N) is 1. The summed E-state index contributed by atoms with van der Waals surface area (Å²) >= 11 is 1.43. The lowest BCUT2D eigenvalue weighted by Gasteiger charge is -1.97. The summed E-state index contributed by atoms with van der Waals surface area (Å²) in [4.78, 5) is 4.37. The molecule has 3 nitrogen and oxygen atoms in total. The molecule has 0 atom stereocenters. The predicted molar refractivity (Wildman–Crippen MR) is 70.3 cm³/mol. The minimum atomic E-state index is -0.237. The Kier molecular flexibility index (Phi) is 2.76. The Balaban J connectivity index is 1.78. The minimum Gasteiger partial charge on any atom is -0.465 e. The van der Waals surface area contributed by atoms with Crippen LogP contribution in [0.5, 0.6) is 0 Å². The first kappa shape index (κ1) is 11.2. The summed E-state index contributed by atoms with van der Waals surface area (Å²) in [5.74, 6) is 1.51. The van der Waals surface area contributed by atoms with Gasteiger partial charge in [0.05, 0.1) is 16.8 Å². The first-order chi connectivity index (χ1) is 8.70. The lowest BCUT2D eigenvalue weighted by Crippen LogP contribution is -1.96. The Morgan fingerprint density at radius 3 is 3.00 bits per heavy atom. The second-order valence-corrected chi connectivity index (χ2v) is 5.03. The van der Waals surface area contributed by atoms with Crippen LogP contribution in [0, 0.1) is 12.7 Å². The number of benzene rings is 1. The minimum absolute atomic E-state index is 0.237. The number of anilines is 1. The Morgan fingerprint density at radius 1 is 1.33 bits per heavy atom. The zero-order chi connectivity index (χ0) is 12.5. The number of thiazole rings is 1. The smallest absolute Gasteiger partial charge is 0.184 e. The number of nitrogens with zero attached hydrogens (tertiary/aromatic N) is 1. The van der Waals surface area contributed by atoms with Crippen LogP contribution >= 0.6 is 11.3 Å². The van der Waals surface area contributed by atoms with E-state index in [0.29, 0.717) is 6.54 Å². The molecule has 3 aromatic rings. The second kappa shape index (κ2) is 4.42. The molecule has 0 amide bonds. The molecular formula is C13H11FN2OS. The molecule has 0 spiro atoms. The molecule has 2 heterocycles. The third-order valence-corrected chi connectivity index (χ3v) is 3.54. The van der Waals surface area contributed by atoms with E-state index in [-0.39, 0.29) is 5.82 Å². The SMILES string of the molecule is Cc1ccc(CNc2nc3ccc(F)cc3s2)o1. The average molecular weight is 262 g/mol. The van der Waals surface area contributed by atoms with Crippen LogP contribution in [0.2, 0.25) is 0 Å². The second-order valence-electron chi connectivity index (χ2n) is 4.00. The van der Waals surface area contributed by atoms with Gasteiger partial charge in [-0.3, -0.25) is 0 Å². The van der Waals surface area contributed by atoms with Gasteiger partial charge in [0.2, 0.25) is 0 Å². The normalized spacial score (nSPS) is 11.0. The van der Waals surface area contributed by atoms with Gasteiger partial charge in [0.1, 0.15) is 17.3 Å². The van der Waals surface area contributed by atoms with Gasteiger partial charge in [0.15, 0.2) is 5.13 Å². The zero-order valence-electron chi connectivity index (χ0n) is 9.74. The molecule has 0 bridgehead atoms.